The molecule has 1 saturated heterocycles. The number of aromatic nitrogens is 1. The first-order chi connectivity index (χ1) is 8.90. The van der Waals surface area contributed by atoms with Crippen molar-refractivity contribution in [2.75, 3.05) is 19.7 Å². The zero-order valence-corrected chi connectivity index (χ0v) is 10.6. The summed E-state index contributed by atoms with van der Waals surface area (Å²) in [5.74, 6) is 1.24. The van der Waals surface area contributed by atoms with Crippen LogP contribution in [-0.2, 0) is 0 Å². The minimum atomic E-state index is 0.460. The number of piperidine rings is 1. The van der Waals surface area contributed by atoms with Crippen molar-refractivity contribution in [1.29, 1.82) is 5.26 Å². The Balaban J connectivity index is 1.70. The molecule has 4 nitrogen and oxygen atoms in total. The first-order valence-electron chi connectivity index (χ1n) is 6.59. The fourth-order valence-corrected chi connectivity index (χ4v) is 2.30. The van der Waals surface area contributed by atoms with Crippen LogP contribution in [-0.4, -0.2) is 24.7 Å². The zero-order chi connectivity index (χ0) is 12.6. The third kappa shape index (κ3) is 3.71. The molecule has 0 spiro atoms. The minimum absolute atomic E-state index is 0.460. The standard InChI is InChI=1S/C14H19N3O/c15-10-13-6-2-8-17-14(13)18-9-3-5-12-4-1-7-16-11-12/h2,6,8,12,16H,1,3-5,7,9,11H2/t12-/m0/s1. The smallest absolute Gasteiger partial charge is 0.231 e. The second-order valence-electron chi connectivity index (χ2n) is 4.67. The molecule has 0 saturated carbocycles. The molecule has 1 aliphatic rings. The van der Waals surface area contributed by atoms with E-state index in [0.717, 1.165) is 25.4 Å². The number of rotatable bonds is 5. The molecular weight excluding hydrogens is 226 g/mol. The summed E-state index contributed by atoms with van der Waals surface area (Å²) in [6.07, 6.45) is 6.46. The molecule has 1 aromatic rings. The van der Waals surface area contributed by atoms with Crippen LogP contribution >= 0.6 is 0 Å². The third-order valence-corrected chi connectivity index (χ3v) is 3.29. The number of hydrogen-bond acceptors (Lipinski definition) is 4. The highest BCUT2D eigenvalue weighted by molar-refractivity contribution is 5.36. The first kappa shape index (κ1) is 12.8. The third-order valence-electron chi connectivity index (χ3n) is 3.29. The van der Waals surface area contributed by atoms with Crippen LogP contribution < -0.4 is 10.1 Å². The molecule has 4 heteroatoms. The molecular formula is C14H19N3O. The van der Waals surface area contributed by atoms with E-state index in [-0.39, 0.29) is 0 Å². The van der Waals surface area contributed by atoms with Crippen molar-refractivity contribution < 1.29 is 4.74 Å². The number of nitrogens with zero attached hydrogens (tertiary/aromatic N) is 2. The van der Waals surface area contributed by atoms with Crippen molar-refractivity contribution in [3.8, 4) is 11.9 Å². The quantitative estimate of drug-likeness (QED) is 0.807. The van der Waals surface area contributed by atoms with E-state index < -0.39 is 0 Å². The van der Waals surface area contributed by atoms with Gasteiger partial charge in [-0.25, -0.2) is 4.98 Å². The molecule has 0 radical (unpaired) electrons. The van der Waals surface area contributed by atoms with Gasteiger partial charge in [-0.3, -0.25) is 0 Å². The van der Waals surface area contributed by atoms with Crippen molar-refractivity contribution in [3.63, 3.8) is 0 Å². The van der Waals surface area contributed by atoms with Gasteiger partial charge in [-0.05, 0) is 56.8 Å². The number of hydrogen-bond donors (Lipinski definition) is 1. The summed E-state index contributed by atoms with van der Waals surface area (Å²) in [5, 5.41) is 12.3. The molecule has 1 fully saturated rings. The molecule has 18 heavy (non-hydrogen) atoms. The molecule has 0 unspecified atom stereocenters. The average molecular weight is 245 g/mol. The van der Waals surface area contributed by atoms with Gasteiger partial charge in [0, 0.05) is 6.20 Å². The SMILES string of the molecule is N#Cc1cccnc1OCCC[C@@H]1CCCNC1. The van der Waals surface area contributed by atoms with E-state index in [9.17, 15) is 0 Å². The van der Waals surface area contributed by atoms with Gasteiger partial charge >= 0.3 is 0 Å². The summed E-state index contributed by atoms with van der Waals surface area (Å²) in [6, 6.07) is 5.57. The Morgan fingerprint density at radius 2 is 2.50 bits per heavy atom. The van der Waals surface area contributed by atoms with Crippen LogP contribution in [0, 0.1) is 17.2 Å². The lowest BCUT2D eigenvalue weighted by atomic mass is 9.95. The Morgan fingerprint density at radius 3 is 3.28 bits per heavy atom. The minimum Gasteiger partial charge on any atom is -0.477 e. The van der Waals surface area contributed by atoms with Crippen molar-refractivity contribution in [2.45, 2.75) is 25.7 Å². The van der Waals surface area contributed by atoms with E-state index in [2.05, 4.69) is 16.4 Å². The lowest BCUT2D eigenvalue weighted by molar-refractivity contribution is 0.267. The van der Waals surface area contributed by atoms with Gasteiger partial charge in [-0.15, -0.1) is 0 Å². The van der Waals surface area contributed by atoms with Crippen molar-refractivity contribution in [2.24, 2.45) is 5.92 Å². The van der Waals surface area contributed by atoms with Crippen molar-refractivity contribution in [1.82, 2.24) is 10.3 Å². The largest absolute Gasteiger partial charge is 0.477 e. The van der Waals surface area contributed by atoms with E-state index in [1.807, 2.05) is 0 Å². The first-order valence-corrected chi connectivity index (χ1v) is 6.59. The second kappa shape index (κ2) is 6.97. The fraction of sp³-hybridized carbons (Fsp3) is 0.571. The molecule has 1 aliphatic heterocycles. The Labute approximate surface area is 108 Å². The lowest BCUT2D eigenvalue weighted by Gasteiger charge is -2.22. The van der Waals surface area contributed by atoms with E-state index in [1.165, 1.54) is 19.3 Å². The van der Waals surface area contributed by atoms with Gasteiger partial charge in [0.15, 0.2) is 0 Å². The summed E-state index contributed by atoms with van der Waals surface area (Å²) >= 11 is 0. The highest BCUT2D eigenvalue weighted by Crippen LogP contribution is 2.17. The van der Waals surface area contributed by atoms with E-state index >= 15 is 0 Å². The predicted molar refractivity (Wildman–Crippen MR) is 69.3 cm³/mol. The molecule has 0 bridgehead atoms. The number of ether oxygens (including phenoxy) is 1. The average Bonchev–Trinajstić information content (AvgIpc) is 2.45. The highest BCUT2D eigenvalue weighted by Gasteiger charge is 2.12. The molecule has 0 aromatic carbocycles. The fourth-order valence-electron chi connectivity index (χ4n) is 2.30. The van der Waals surface area contributed by atoms with Gasteiger partial charge in [0.25, 0.3) is 0 Å². The molecule has 1 atom stereocenters. The molecule has 0 aliphatic carbocycles. The second-order valence-corrected chi connectivity index (χ2v) is 4.67. The number of nitrogens with one attached hydrogen (secondary N) is 1. The van der Waals surface area contributed by atoms with Crippen molar-refractivity contribution in [3.05, 3.63) is 23.9 Å². The van der Waals surface area contributed by atoms with Crippen LogP contribution in [0.25, 0.3) is 0 Å². The normalized spacial score (nSPS) is 19.2. The summed E-state index contributed by atoms with van der Waals surface area (Å²) in [6.45, 7) is 2.93. The lowest BCUT2D eigenvalue weighted by Crippen LogP contribution is -2.29. The van der Waals surface area contributed by atoms with Gasteiger partial charge in [0.05, 0.1) is 6.61 Å². The zero-order valence-electron chi connectivity index (χ0n) is 10.6. The van der Waals surface area contributed by atoms with E-state index in [4.69, 9.17) is 10.00 Å². The molecule has 0 amide bonds. The van der Waals surface area contributed by atoms with E-state index in [1.54, 1.807) is 18.3 Å². The molecule has 1 N–H and O–H groups in total. The maximum absolute atomic E-state index is 8.90. The molecule has 2 heterocycles. The Morgan fingerprint density at radius 1 is 1.56 bits per heavy atom. The van der Waals surface area contributed by atoms with Crippen LogP contribution in [0.1, 0.15) is 31.2 Å². The van der Waals surface area contributed by atoms with Crippen LogP contribution in [0.15, 0.2) is 18.3 Å². The van der Waals surface area contributed by atoms with Crippen LogP contribution in [0.5, 0.6) is 5.88 Å². The van der Waals surface area contributed by atoms with Crippen LogP contribution in [0.4, 0.5) is 0 Å². The Kier molecular flexibility index (Phi) is 4.98. The summed E-state index contributed by atoms with van der Waals surface area (Å²) < 4.78 is 5.57. The topological polar surface area (TPSA) is 57.9 Å². The monoisotopic (exact) mass is 245 g/mol. The van der Waals surface area contributed by atoms with E-state index in [0.29, 0.717) is 18.1 Å². The van der Waals surface area contributed by atoms with Crippen molar-refractivity contribution >= 4 is 0 Å². The number of nitriles is 1. The van der Waals surface area contributed by atoms with Gasteiger partial charge in [0.1, 0.15) is 11.6 Å². The maximum atomic E-state index is 8.90. The van der Waals surface area contributed by atoms with Gasteiger partial charge < -0.3 is 10.1 Å². The maximum Gasteiger partial charge on any atom is 0.231 e. The highest BCUT2D eigenvalue weighted by atomic mass is 16.5. The molecule has 2 rings (SSSR count). The Hall–Kier alpha value is -1.60. The van der Waals surface area contributed by atoms with Gasteiger partial charge in [-0.2, -0.15) is 5.26 Å². The molecule has 1 aromatic heterocycles. The van der Waals surface area contributed by atoms with Gasteiger partial charge in [-0.1, -0.05) is 0 Å². The summed E-state index contributed by atoms with van der Waals surface area (Å²) in [4.78, 5) is 4.08. The summed E-state index contributed by atoms with van der Waals surface area (Å²) in [7, 11) is 0. The van der Waals surface area contributed by atoms with Crippen LogP contribution in [0.2, 0.25) is 0 Å². The van der Waals surface area contributed by atoms with Crippen LogP contribution in [0.3, 0.4) is 0 Å². The Bertz CT molecular complexity index is 408. The predicted octanol–water partition coefficient (Wildman–Crippen LogP) is 2.11. The number of pyridine rings is 1. The summed E-state index contributed by atoms with van der Waals surface area (Å²) in [5.41, 5.74) is 0.511. The molecule has 96 valence electrons. The van der Waals surface area contributed by atoms with Gasteiger partial charge in [0.2, 0.25) is 5.88 Å².